The van der Waals surface area contributed by atoms with E-state index in [1.54, 1.807) is 43.5 Å². The number of nitrogens with zero attached hydrogens (tertiary/aromatic N) is 2. The predicted molar refractivity (Wildman–Crippen MR) is 108 cm³/mol. The number of halogens is 1. The molecule has 1 unspecified atom stereocenters. The van der Waals surface area contributed by atoms with Gasteiger partial charge in [-0.3, -0.25) is 14.6 Å². The van der Waals surface area contributed by atoms with Gasteiger partial charge < -0.3 is 19.7 Å². The molecular formula is C22H22FN3O5. The lowest BCUT2D eigenvalue weighted by atomic mass is 9.99. The average Bonchev–Trinajstić information content (AvgIpc) is 3.21. The Balaban J connectivity index is 1.66. The molecule has 0 aliphatic carbocycles. The number of aryl methyl sites for hydroxylation is 1. The molecule has 3 aromatic rings. The number of hydrogen-bond acceptors (Lipinski definition) is 7. The zero-order valence-corrected chi connectivity index (χ0v) is 17.1. The van der Waals surface area contributed by atoms with E-state index in [0.29, 0.717) is 22.7 Å². The lowest BCUT2D eigenvalue weighted by molar-refractivity contribution is -0.161. The molecule has 0 saturated carbocycles. The van der Waals surface area contributed by atoms with E-state index in [4.69, 9.17) is 9.26 Å². The summed E-state index contributed by atoms with van der Waals surface area (Å²) in [6.07, 6.45) is 1.54. The molecule has 1 atom stereocenters. The van der Waals surface area contributed by atoms with Crippen LogP contribution in [0.4, 0.5) is 4.39 Å². The van der Waals surface area contributed by atoms with Crippen molar-refractivity contribution in [1.29, 1.82) is 0 Å². The third-order valence-corrected chi connectivity index (χ3v) is 4.71. The number of pyridine rings is 1. The summed E-state index contributed by atoms with van der Waals surface area (Å²) in [5.74, 6) is -1.23. The van der Waals surface area contributed by atoms with Gasteiger partial charge in [0.2, 0.25) is 5.60 Å². The number of carbonyl (C=O) groups excluding carboxylic acids is 2. The summed E-state index contributed by atoms with van der Waals surface area (Å²) in [6.45, 7) is 2.12. The van der Waals surface area contributed by atoms with Crippen LogP contribution in [-0.4, -0.2) is 39.1 Å². The van der Waals surface area contributed by atoms with Crippen molar-refractivity contribution in [3.05, 3.63) is 71.5 Å². The van der Waals surface area contributed by atoms with Gasteiger partial charge in [-0.15, -0.1) is 0 Å². The Bertz CT molecular complexity index is 1050. The zero-order chi connectivity index (χ0) is 22.4. The molecule has 162 valence electrons. The maximum Gasteiger partial charge on any atom is 0.260 e. The number of hydrogen-bond donors (Lipinski definition) is 2. The van der Waals surface area contributed by atoms with Gasteiger partial charge >= 0.3 is 0 Å². The van der Waals surface area contributed by atoms with Crippen LogP contribution in [0.25, 0.3) is 11.3 Å². The van der Waals surface area contributed by atoms with E-state index in [9.17, 15) is 19.1 Å². The summed E-state index contributed by atoms with van der Waals surface area (Å²) < 4.78 is 23.6. The van der Waals surface area contributed by atoms with Crippen molar-refractivity contribution in [3.63, 3.8) is 0 Å². The van der Waals surface area contributed by atoms with Crippen molar-refractivity contribution in [3.8, 4) is 11.3 Å². The zero-order valence-electron chi connectivity index (χ0n) is 17.1. The lowest BCUT2D eigenvalue weighted by Crippen LogP contribution is -2.53. The van der Waals surface area contributed by atoms with Crippen molar-refractivity contribution in [2.75, 3.05) is 6.61 Å². The number of nitrogens with one attached hydrogen (secondary N) is 1. The van der Waals surface area contributed by atoms with Gasteiger partial charge in [-0.05, 0) is 49.7 Å². The highest BCUT2D eigenvalue weighted by atomic mass is 19.1. The monoisotopic (exact) mass is 427 g/mol. The summed E-state index contributed by atoms with van der Waals surface area (Å²) in [5, 5.41) is 15.7. The standard InChI is InChI=1S/C22H22FN3O5/c1-14-9-18(26-31-14)11-25-21(29)22(2,20(28)12-27)30-13-15-3-8-19(24-10-15)16-4-6-17(23)7-5-16/h3-10,27H,11-13H2,1-2H3,(H,25,29). The Morgan fingerprint density at radius 1 is 1.23 bits per heavy atom. The molecule has 0 aliphatic rings. The molecule has 31 heavy (non-hydrogen) atoms. The van der Waals surface area contributed by atoms with Crippen molar-refractivity contribution in [1.82, 2.24) is 15.5 Å². The Labute approximate surface area is 178 Å². The molecule has 1 aromatic carbocycles. The first-order valence-corrected chi connectivity index (χ1v) is 9.51. The third-order valence-electron chi connectivity index (χ3n) is 4.71. The highest BCUT2D eigenvalue weighted by Crippen LogP contribution is 2.20. The maximum atomic E-state index is 13.1. The number of aromatic nitrogens is 2. The van der Waals surface area contributed by atoms with E-state index < -0.39 is 23.9 Å². The van der Waals surface area contributed by atoms with E-state index in [2.05, 4.69) is 15.5 Å². The van der Waals surface area contributed by atoms with Gasteiger partial charge in [0, 0.05) is 17.8 Å². The molecule has 0 bridgehead atoms. The number of aliphatic hydroxyl groups is 1. The smallest absolute Gasteiger partial charge is 0.260 e. The molecule has 9 heteroatoms. The molecule has 2 aromatic heterocycles. The van der Waals surface area contributed by atoms with Crippen molar-refractivity contribution >= 4 is 11.7 Å². The molecule has 1 amide bonds. The molecule has 0 radical (unpaired) electrons. The Hall–Kier alpha value is -3.43. The Morgan fingerprint density at radius 2 is 1.97 bits per heavy atom. The maximum absolute atomic E-state index is 13.1. The highest BCUT2D eigenvalue weighted by Gasteiger charge is 2.41. The fourth-order valence-corrected chi connectivity index (χ4v) is 2.79. The number of amides is 1. The fraction of sp³-hybridized carbons (Fsp3) is 0.273. The summed E-state index contributed by atoms with van der Waals surface area (Å²) in [5.41, 5.74) is 0.589. The highest BCUT2D eigenvalue weighted by molar-refractivity contribution is 6.09. The molecule has 0 spiro atoms. The number of Topliss-reactive ketones (excluding diaryl/α,β-unsaturated/α-hetero) is 1. The van der Waals surface area contributed by atoms with Crippen molar-refractivity contribution in [2.45, 2.75) is 32.6 Å². The van der Waals surface area contributed by atoms with Gasteiger partial charge in [0.1, 0.15) is 23.9 Å². The molecule has 3 rings (SSSR count). The minimum absolute atomic E-state index is 0.0434. The average molecular weight is 427 g/mol. The first-order valence-electron chi connectivity index (χ1n) is 9.51. The second-order valence-electron chi connectivity index (χ2n) is 7.07. The number of rotatable bonds is 9. The van der Waals surface area contributed by atoms with Crippen LogP contribution in [-0.2, 0) is 27.5 Å². The summed E-state index contributed by atoms with van der Waals surface area (Å²) in [6, 6.07) is 11.0. The summed E-state index contributed by atoms with van der Waals surface area (Å²) in [4.78, 5) is 29.2. The Kier molecular flexibility index (Phi) is 6.88. The van der Waals surface area contributed by atoms with Gasteiger partial charge in [0.05, 0.1) is 18.8 Å². The van der Waals surface area contributed by atoms with Crippen LogP contribution in [0.3, 0.4) is 0 Å². The number of benzene rings is 1. The van der Waals surface area contributed by atoms with E-state index in [1.165, 1.54) is 19.1 Å². The second kappa shape index (κ2) is 9.59. The minimum Gasteiger partial charge on any atom is -0.388 e. The van der Waals surface area contributed by atoms with E-state index >= 15 is 0 Å². The Morgan fingerprint density at radius 3 is 2.55 bits per heavy atom. The molecular weight excluding hydrogens is 405 g/mol. The third kappa shape index (κ3) is 5.39. The minimum atomic E-state index is -1.90. The number of carbonyl (C=O) groups is 2. The normalized spacial score (nSPS) is 12.9. The molecule has 2 N–H and O–H groups in total. The van der Waals surface area contributed by atoms with Gasteiger partial charge in [-0.2, -0.15) is 0 Å². The quantitative estimate of drug-likeness (QED) is 0.504. The number of ether oxygens (including phenoxy) is 1. The van der Waals surface area contributed by atoms with Crippen molar-refractivity contribution in [2.24, 2.45) is 0 Å². The van der Waals surface area contributed by atoms with Gasteiger partial charge in [0.15, 0.2) is 5.78 Å². The van der Waals surface area contributed by atoms with Crippen LogP contribution in [0, 0.1) is 12.7 Å². The van der Waals surface area contributed by atoms with E-state index in [1.807, 2.05) is 0 Å². The van der Waals surface area contributed by atoms with Crippen LogP contribution in [0.5, 0.6) is 0 Å². The van der Waals surface area contributed by atoms with Crippen LogP contribution >= 0.6 is 0 Å². The van der Waals surface area contributed by atoms with Crippen LogP contribution in [0.15, 0.2) is 53.2 Å². The largest absolute Gasteiger partial charge is 0.388 e. The summed E-state index contributed by atoms with van der Waals surface area (Å²) >= 11 is 0. The molecule has 2 heterocycles. The second-order valence-corrected chi connectivity index (χ2v) is 7.07. The topological polar surface area (TPSA) is 115 Å². The van der Waals surface area contributed by atoms with Crippen LogP contribution < -0.4 is 5.32 Å². The molecule has 0 fully saturated rings. The molecule has 0 aliphatic heterocycles. The first-order chi connectivity index (χ1) is 14.8. The van der Waals surface area contributed by atoms with Gasteiger partial charge in [-0.25, -0.2) is 4.39 Å². The SMILES string of the molecule is Cc1cc(CNC(=O)C(C)(OCc2ccc(-c3ccc(F)cc3)nc2)C(=O)CO)no1. The van der Waals surface area contributed by atoms with Crippen LogP contribution in [0.1, 0.15) is 23.9 Å². The van der Waals surface area contributed by atoms with Crippen LogP contribution in [0.2, 0.25) is 0 Å². The van der Waals surface area contributed by atoms with Gasteiger partial charge in [-0.1, -0.05) is 11.2 Å². The van der Waals surface area contributed by atoms with Gasteiger partial charge in [0.25, 0.3) is 5.91 Å². The first kappa shape index (κ1) is 22.3. The predicted octanol–water partition coefficient (Wildman–Crippen LogP) is 2.34. The van der Waals surface area contributed by atoms with E-state index in [0.717, 1.165) is 5.56 Å². The fourth-order valence-electron chi connectivity index (χ4n) is 2.79. The number of ketones is 1. The lowest BCUT2D eigenvalue weighted by Gasteiger charge is -2.26. The number of aliphatic hydroxyl groups excluding tert-OH is 1. The van der Waals surface area contributed by atoms with Crippen molar-refractivity contribution < 1.29 is 28.3 Å². The molecule has 0 saturated heterocycles. The summed E-state index contributed by atoms with van der Waals surface area (Å²) in [7, 11) is 0. The molecule has 8 nitrogen and oxygen atoms in total. The van der Waals surface area contributed by atoms with E-state index in [-0.39, 0.29) is 19.0 Å².